The van der Waals surface area contributed by atoms with Gasteiger partial charge in [0.2, 0.25) is 11.8 Å². The molecular weight excluding hydrogens is 439 g/mol. The second kappa shape index (κ2) is 10.6. The van der Waals surface area contributed by atoms with E-state index in [9.17, 15) is 4.79 Å². The predicted octanol–water partition coefficient (Wildman–Crippen LogP) is 3.46. The third kappa shape index (κ3) is 5.02. The summed E-state index contributed by atoms with van der Waals surface area (Å²) < 4.78 is 26.7. The van der Waals surface area contributed by atoms with Gasteiger partial charge in [0.05, 0.1) is 30.3 Å². The zero-order chi connectivity index (χ0) is 24.1. The normalized spacial score (nSPS) is 18.0. The highest BCUT2D eigenvalue weighted by Gasteiger charge is 2.25. The molecule has 0 radical (unpaired) electrons. The van der Waals surface area contributed by atoms with Crippen LogP contribution in [0.3, 0.4) is 0 Å². The van der Waals surface area contributed by atoms with Gasteiger partial charge in [-0.3, -0.25) is 9.78 Å². The maximum atomic E-state index is 15.8. The fourth-order valence-electron chi connectivity index (χ4n) is 4.21. The number of pyridine rings is 2. The van der Waals surface area contributed by atoms with Crippen molar-refractivity contribution in [3.63, 3.8) is 0 Å². The third-order valence-corrected chi connectivity index (χ3v) is 5.99. The van der Waals surface area contributed by atoms with E-state index < -0.39 is 5.91 Å². The van der Waals surface area contributed by atoms with Crippen LogP contribution in [0.2, 0.25) is 0 Å². The number of rotatable bonds is 9. The summed E-state index contributed by atoms with van der Waals surface area (Å²) >= 11 is 0. The predicted molar refractivity (Wildman–Crippen MR) is 129 cm³/mol. The van der Waals surface area contributed by atoms with Gasteiger partial charge in [0.1, 0.15) is 12.3 Å². The number of hydrogen-bond donors (Lipinski definition) is 3. The van der Waals surface area contributed by atoms with Crippen molar-refractivity contribution < 1.29 is 18.7 Å². The largest absolute Gasteiger partial charge is 0.475 e. The van der Waals surface area contributed by atoms with Gasteiger partial charge < -0.3 is 26.3 Å². The van der Waals surface area contributed by atoms with E-state index in [2.05, 4.69) is 15.3 Å². The topological polar surface area (TPSA) is 129 Å². The maximum absolute atomic E-state index is 15.8. The first-order valence-corrected chi connectivity index (χ1v) is 11.3. The van der Waals surface area contributed by atoms with Crippen molar-refractivity contribution in [2.45, 2.75) is 37.8 Å². The lowest BCUT2D eigenvalue weighted by molar-refractivity contribution is 0.1000. The number of amides is 1. The second-order valence-corrected chi connectivity index (χ2v) is 8.29. The first kappa shape index (κ1) is 23.7. The fourth-order valence-corrected chi connectivity index (χ4v) is 4.21. The number of carbonyl (C=O) groups excluding carboxylic acids is 1. The smallest absolute Gasteiger partial charge is 0.250 e. The van der Waals surface area contributed by atoms with Gasteiger partial charge in [-0.25, -0.2) is 4.98 Å². The number of methoxy groups -OCH3 is 1. The number of halogens is 1. The Morgan fingerprint density at radius 3 is 2.82 bits per heavy atom. The van der Waals surface area contributed by atoms with E-state index in [1.807, 2.05) is 18.2 Å². The average molecular weight is 469 g/mol. The van der Waals surface area contributed by atoms with Gasteiger partial charge in [0, 0.05) is 41.9 Å². The molecule has 1 amide bonds. The van der Waals surface area contributed by atoms with E-state index in [0.717, 1.165) is 31.4 Å². The number of nitrogens with one attached hydrogen (secondary N) is 1. The van der Waals surface area contributed by atoms with E-state index >= 15 is 4.48 Å². The highest BCUT2D eigenvalue weighted by atomic mass is 19.2. The average Bonchev–Trinajstić information content (AvgIpc) is 2.85. The van der Waals surface area contributed by atoms with Gasteiger partial charge in [-0.2, -0.15) is 5.12 Å². The molecule has 9 nitrogen and oxygen atoms in total. The Hall–Kier alpha value is -3.50. The Balaban J connectivity index is 1.80. The lowest BCUT2D eigenvalue weighted by atomic mass is 9.90. The Bertz CT molecular complexity index is 1160. The van der Waals surface area contributed by atoms with Crippen LogP contribution in [-0.4, -0.2) is 48.3 Å². The van der Waals surface area contributed by atoms with E-state index in [-0.39, 0.29) is 29.0 Å². The molecule has 0 bridgehead atoms. The van der Waals surface area contributed by atoms with Crippen LogP contribution in [0.25, 0.3) is 10.8 Å². The lowest BCUT2D eigenvalue weighted by Gasteiger charge is -2.31. The monoisotopic (exact) mass is 468 g/mol. The van der Waals surface area contributed by atoms with Crippen LogP contribution in [-0.2, 0) is 4.74 Å². The summed E-state index contributed by atoms with van der Waals surface area (Å²) in [5.41, 5.74) is 12.8. The summed E-state index contributed by atoms with van der Waals surface area (Å²) in [6, 6.07) is 6.99. The summed E-state index contributed by atoms with van der Waals surface area (Å²) in [7, 11) is 1.59. The first-order chi connectivity index (χ1) is 16.5. The number of nitrogens with two attached hydrogens (primary N) is 2. The molecule has 0 saturated heterocycles. The standard InChI is InChI=1S/C24H29FN6O3/c1-33-9-10-34-24-17-5-4-8-20(30-19-7-3-2-6-18(19)26)22(17)21(14-29-24)31(25)16-11-15(23(27)32)12-28-13-16/h4-5,8,11-14,18-19,30H,2-3,6-7,9-10,26H2,1H3,(H2,27,32). The summed E-state index contributed by atoms with van der Waals surface area (Å²) in [5, 5.41) is 5.18. The molecule has 1 fully saturated rings. The number of carbonyl (C=O) groups is 1. The second-order valence-electron chi connectivity index (χ2n) is 8.29. The van der Waals surface area contributed by atoms with Crippen LogP contribution in [0.15, 0.2) is 42.9 Å². The maximum Gasteiger partial charge on any atom is 0.250 e. The van der Waals surface area contributed by atoms with E-state index in [1.165, 1.54) is 24.7 Å². The van der Waals surface area contributed by atoms with Crippen LogP contribution >= 0.6 is 0 Å². The molecule has 2 atom stereocenters. The molecule has 3 aromatic rings. The van der Waals surface area contributed by atoms with Gasteiger partial charge in [0.25, 0.3) is 0 Å². The number of fused-ring (bicyclic) bond motifs is 1. The minimum Gasteiger partial charge on any atom is -0.475 e. The lowest BCUT2D eigenvalue weighted by Crippen LogP contribution is -2.42. The molecule has 1 aromatic carbocycles. The van der Waals surface area contributed by atoms with E-state index in [1.54, 1.807) is 7.11 Å². The van der Waals surface area contributed by atoms with Crippen LogP contribution in [0.4, 0.5) is 21.5 Å². The van der Waals surface area contributed by atoms with Crippen molar-refractivity contribution in [3.05, 3.63) is 48.4 Å². The SMILES string of the molecule is COCCOc1ncc(N(F)c2cncc(C(N)=O)c2)c2c(NC3CCCCC3N)cccc12. The minimum absolute atomic E-state index is 0.00430. The number of hydrogen-bond acceptors (Lipinski definition) is 8. The molecule has 1 saturated carbocycles. The summed E-state index contributed by atoms with van der Waals surface area (Å²) in [6.45, 7) is 0.688. The zero-order valence-electron chi connectivity index (χ0n) is 19.0. The molecule has 1 aliphatic rings. The van der Waals surface area contributed by atoms with Crippen molar-refractivity contribution in [1.82, 2.24) is 9.97 Å². The highest BCUT2D eigenvalue weighted by Crippen LogP contribution is 2.40. The summed E-state index contributed by atoms with van der Waals surface area (Å²) in [6.07, 6.45) is 8.05. The van der Waals surface area contributed by atoms with Gasteiger partial charge >= 0.3 is 0 Å². The molecule has 10 heteroatoms. The van der Waals surface area contributed by atoms with Gasteiger partial charge in [-0.1, -0.05) is 23.4 Å². The molecule has 34 heavy (non-hydrogen) atoms. The Morgan fingerprint density at radius 1 is 1.24 bits per heavy atom. The zero-order valence-corrected chi connectivity index (χ0v) is 19.0. The van der Waals surface area contributed by atoms with Crippen molar-refractivity contribution >= 4 is 33.7 Å². The molecule has 0 spiro atoms. The number of primary amides is 1. The minimum atomic E-state index is -0.693. The van der Waals surface area contributed by atoms with Gasteiger partial charge in [-0.15, -0.1) is 0 Å². The quantitative estimate of drug-likeness (QED) is 0.322. The molecule has 2 aromatic heterocycles. The molecule has 4 rings (SSSR count). The van der Waals surface area contributed by atoms with Crippen molar-refractivity contribution in [1.29, 1.82) is 0 Å². The molecular formula is C24H29FN6O3. The van der Waals surface area contributed by atoms with Gasteiger partial charge in [0.15, 0.2) is 0 Å². The number of benzene rings is 1. The molecule has 1 aliphatic carbocycles. The number of aromatic nitrogens is 2. The van der Waals surface area contributed by atoms with Gasteiger partial charge in [-0.05, 0) is 31.0 Å². The first-order valence-electron chi connectivity index (χ1n) is 11.3. The molecule has 5 N–H and O–H groups in total. The number of nitrogens with zero attached hydrogens (tertiary/aromatic N) is 3. The van der Waals surface area contributed by atoms with Crippen LogP contribution in [0.5, 0.6) is 5.88 Å². The van der Waals surface area contributed by atoms with Crippen LogP contribution < -0.4 is 26.6 Å². The number of ether oxygens (including phenoxy) is 2. The fraction of sp³-hybridized carbons (Fsp3) is 0.375. The van der Waals surface area contributed by atoms with E-state index in [0.29, 0.717) is 35.0 Å². The highest BCUT2D eigenvalue weighted by molar-refractivity contribution is 6.06. The van der Waals surface area contributed by atoms with E-state index in [4.69, 9.17) is 20.9 Å². The Kier molecular flexibility index (Phi) is 7.39. The number of anilines is 3. The summed E-state index contributed by atoms with van der Waals surface area (Å²) in [5.74, 6) is -0.328. The molecule has 2 heterocycles. The summed E-state index contributed by atoms with van der Waals surface area (Å²) in [4.78, 5) is 19.9. The molecule has 180 valence electrons. The van der Waals surface area contributed by atoms with Crippen LogP contribution in [0.1, 0.15) is 36.0 Å². The van der Waals surface area contributed by atoms with Crippen molar-refractivity contribution in [2.24, 2.45) is 11.5 Å². The molecule has 2 unspecified atom stereocenters. The Labute approximate surface area is 197 Å². The Morgan fingerprint density at radius 2 is 2.06 bits per heavy atom. The molecule has 0 aliphatic heterocycles. The van der Waals surface area contributed by atoms with Crippen molar-refractivity contribution in [3.8, 4) is 5.88 Å². The third-order valence-electron chi connectivity index (χ3n) is 5.99. The van der Waals surface area contributed by atoms with Crippen molar-refractivity contribution in [2.75, 3.05) is 30.8 Å². The van der Waals surface area contributed by atoms with Crippen LogP contribution in [0, 0.1) is 0 Å².